The molecular weight excluding hydrogens is 152 g/mol. The predicted octanol–water partition coefficient (Wildman–Crippen LogP) is 1.02. The molecule has 0 aliphatic rings. The van der Waals surface area contributed by atoms with Crippen LogP contribution in [0.15, 0.2) is 0 Å². The molecule has 0 atom stereocenters. The van der Waals surface area contributed by atoms with Gasteiger partial charge in [-0.3, -0.25) is 0 Å². The standard InChI is InChI=1S/C9H11N2O/c1-4-6-12-9-8(3)7-10-11(9)5-2/h1H,5-6H2,2-3H3. The molecule has 0 aliphatic heterocycles. The molecule has 3 heteroatoms. The average Bonchev–Trinajstić information content (AvgIpc) is 2.43. The Bertz CT molecular complexity index is 296. The van der Waals surface area contributed by atoms with Crippen molar-refractivity contribution in [2.75, 3.05) is 6.61 Å². The van der Waals surface area contributed by atoms with Gasteiger partial charge >= 0.3 is 0 Å². The Hall–Kier alpha value is -1.43. The van der Waals surface area contributed by atoms with Crippen LogP contribution in [0.4, 0.5) is 0 Å². The molecule has 0 aromatic carbocycles. The highest BCUT2D eigenvalue weighted by Crippen LogP contribution is 2.15. The number of hydrogen-bond acceptors (Lipinski definition) is 2. The number of terminal acetylenes is 1. The maximum Gasteiger partial charge on any atom is 0.216 e. The van der Waals surface area contributed by atoms with Crippen LogP contribution >= 0.6 is 0 Å². The third kappa shape index (κ3) is 1.59. The van der Waals surface area contributed by atoms with Gasteiger partial charge in [-0.05, 0) is 13.8 Å². The molecule has 3 nitrogen and oxygen atoms in total. The molecule has 1 aromatic heterocycles. The first-order valence-electron chi connectivity index (χ1n) is 3.81. The van der Waals surface area contributed by atoms with E-state index in [-0.39, 0.29) is 6.61 Å². The van der Waals surface area contributed by atoms with Crippen LogP contribution in [0.2, 0.25) is 0 Å². The van der Waals surface area contributed by atoms with Crippen LogP contribution < -0.4 is 4.74 Å². The van der Waals surface area contributed by atoms with Gasteiger partial charge in [-0.15, -0.1) is 6.42 Å². The van der Waals surface area contributed by atoms with E-state index in [2.05, 4.69) is 17.2 Å². The number of rotatable bonds is 3. The zero-order valence-corrected chi connectivity index (χ0v) is 7.29. The molecule has 0 bridgehead atoms. The Morgan fingerprint density at radius 1 is 1.75 bits per heavy atom. The first-order valence-corrected chi connectivity index (χ1v) is 3.81. The van der Waals surface area contributed by atoms with Crippen molar-refractivity contribution in [3.05, 3.63) is 11.8 Å². The summed E-state index contributed by atoms with van der Waals surface area (Å²) >= 11 is 0. The second-order valence-electron chi connectivity index (χ2n) is 2.35. The van der Waals surface area contributed by atoms with Gasteiger partial charge in [0.1, 0.15) is 6.20 Å². The first kappa shape index (κ1) is 8.66. The van der Waals surface area contributed by atoms with E-state index in [4.69, 9.17) is 11.2 Å². The minimum atomic E-state index is 0.278. The van der Waals surface area contributed by atoms with Crippen molar-refractivity contribution in [3.63, 3.8) is 0 Å². The SMILES string of the molecule is C#CCOc1c(C)[c]nn1CC. The lowest BCUT2D eigenvalue weighted by Crippen LogP contribution is -2.03. The lowest BCUT2D eigenvalue weighted by Gasteiger charge is -2.04. The van der Waals surface area contributed by atoms with Crippen LogP contribution in [0.5, 0.6) is 5.88 Å². The van der Waals surface area contributed by atoms with Crippen molar-refractivity contribution in [2.45, 2.75) is 20.4 Å². The van der Waals surface area contributed by atoms with Crippen LogP contribution in [0.3, 0.4) is 0 Å². The summed E-state index contributed by atoms with van der Waals surface area (Å²) in [5.74, 6) is 3.13. The van der Waals surface area contributed by atoms with Crippen molar-refractivity contribution >= 4 is 0 Å². The van der Waals surface area contributed by atoms with Crippen molar-refractivity contribution in [1.82, 2.24) is 9.78 Å². The van der Waals surface area contributed by atoms with Crippen molar-refractivity contribution in [1.29, 1.82) is 0 Å². The van der Waals surface area contributed by atoms with Gasteiger partial charge in [0.15, 0.2) is 6.61 Å². The fraction of sp³-hybridized carbons (Fsp3) is 0.444. The minimum Gasteiger partial charge on any atom is -0.464 e. The number of hydrogen-bond donors (Lipinski definition) is 0. The summed E-state index contributed by atoms with van der Waals surface area (Å²) in [6.07, 6.45) is 7.89. The largest absolute Gasteiger partial charge is 0.464 e. The Kier molecular flexibility index (Phi) is 2.76. The zero-order valence-electron chi connectivity index (χ0n) is 7.29. The highest BCUT2D eigenvalue weighted by atomic mass is 16.5. The fourth-order valence-electron chi connectivity index (χ4n) is 0.929. The Balaban J connectivity index is 2.81. The maximum atomic E-state index is 5.28. The van der Waals surface area contributed by atoms with Gasteiger partial charge in [-0.25, -0.2) is 4.68 Å². The van der Waals surface area contributed by atoms with Crippen LogP contribution in [0, 0.1) is 25.5 Å². The lowest BCUT2D eigenvalue weighted by molar-refractivity contribution is 0.326. The summed E-state index contributed by atoms with van der Waals surface area (Å²) < 4.78 is 7.01. The molecule has 63 valence electrons. The summed E-state index contributed by atoms with van der Waals surface area (Å²) in [6.45, 7) is 4.93. The molecule has 1 rings (SSSR count). The molecule has 0 amide bonds. The third-order valence-corrected chi connectivity index (χ3v) is 1.49. The quantitative estimate of drug-likeness (QED) is 0.622. The summed E-state index contributed by atoms with van der Waals surface area (Å²) in [5, 5.41) is 3.99. The van der Waals surface area contributed by atoms with E-state index in [1.165, 1.54) is 0 Å². The number of aryl methyl sites for hydroxylation is 2. The summed E-state index contributed by atoms with van der Waals surface area (Å²) in [4.78, 5) is 0. The third-order valence-electron chi connectivity index (χ3n) is 1.49. The smallest absolute Gasteiger partial charge is 0.216 e. The fourth-order valence-corrected chi connectivity index (χ4v) is 0.929. The van der Waals surface area contributed by atoms with E-state index in [0.717, 1.165) is 18.0 Å². The molecule has 0 saturated carbocycles. The van der Waals surface area contributed by atoms with Gasteiger partial charge in [-0.1, -0.05) is 5.92 Å². The molecule has 1 radical (unpaired) electrons. The topological polar surface area (TPSA) is 27.1 Å². The minimum absolute atomic E-state index is 0.278. The van der Waals surface area contributed by atoms with E-state index in [1.807, 2.05) is 13.8 Å². The van der Waals surface area contributed by atoms with Crippen LogP contribution in [0.25, 0.3) is 0 Å². The zero-order chi connectivity index (χ0) is 8.97. The summed E-state index contributed by atoms with van der Waals surface area (Å²) in [5.41, 5.74) is 0.895. The van der Waals surface area contributed by atoms with Gasteiger partial charge in [0.25, 0.3) is 0 Å². The Morgan fingerprint density at radius 2 is 2.50 bits per heavy atom. The maximum absolute atomic E-state index is 5.28. The second-order valence-corrected chi connectivity index (χ2v) is 2.35. The van der Waals surface area contributed by atoms with Gasteiger partial charge < -0.3 is 4.74 Å². The van der Waals surface area contributed by atoms with E-state index in [0.29, 0.717) is 0 Å². The number of aromatic nitrogens is 2. The van der Waals surface area contributed by atoms with Crippen molar-refractivity contribution < 1.29 is 4.74 Å². The van der Waals surface area contributed by atoms with E-state index in [9.17, 15) is 0 Å². The molecular formula is C9H11N2O. The summed E-state index contributed by atoms with van der Waals surface area (Å²) in [6, 6.07) is 0. The molecule has 12 heavy (non-hydrogen) atoms. The van der Waals surface area contributed by atoms with E-state index >= 15 is 0 Å². The van der Waals surface area contributed by atoms with Gasteiger partial charge in [0, 0.05) is 12.1 Å². The highest BCUT2D eigenvalue weighted by molar-refractivity contribution is 5.21. The Morgan fingerprint density at radius 3 is 3.08 bits per heavy atom. The molecule has 0 aliphatic carbocycles. The molecule has 0 spiro atoms. The van der Waals surface area contributed by atoms with E-state index in [1.54, 1.807) is 4.68 Å². The lowest BCUT2D eigenvalue weighted by atomic mass is 10.4. The molecule has 0 saturated heterocycles. The van der Waals surface area contributed by atoms with Crippen LogP contribution in [0.1, 0.15) is 12.5 Å². The molecule has 0 unspecified atom stereocenters. The highest BCUT2D eigenvalue weighted by Gasteiger charge is 2.06. The molecule has 1 heterocycles. The van der Waals surface area contributed by atoms with Gasteiger partial charge in [0.2, 0.25) is 5.88 Å². The molecule has 0 fully saturated rings. The van der Waals surface area contributed by atoms with E-state index < -0.39 is 0 Å². The summed E-state index contributed by atoms with van der Waals surface area (Å²) in [7, 11) is 0. The second kappa shape index (κ2) is 3.82. The van der Waals surface area contributed by atoms with Crippen LogP contribution in [-0.2, 0) is 6.54 Å². The Labute approximate surface area is 72.3 Å². The van der Waals surface area contributed by atoms with Gasteiger partial charge in [-0.2, -0.15) is 5.10 Å². The normalized spacial score (nSPS) is 9.42. The predicted molar refractivity (Wildman–Crippen MR) is 45.8 cm³/mol. The number of nitrogens with zero attached hydrogens (tertiary/aromatic N) is 2. The van der Waals surface area contributed by atoms with Crippen molar-refractivity contribution in [3.8, 4) is 18.2 Å². The van der Waals surface area contributed by atoms with Crippen LogP contribution in [-0.4, -0.2) is 16.4 Å². The monoisotopic (exact) mass is 163 g/mol. The van der Waals surface area contributed by atoms with Gasteiger partial charge in [0.05, 0.1) is 0 Å². The molecule has 1 aromatic rings. The average molecular weight is 163 g/mol. The molecule has 0 N–H and O–H groups in total. The number of ether oxygens (including phenoxy) is 1. The van der Waals surface area contributed by atoms with Crippen molar-refractivity contribution in [2.24, 2.45) is 0 Å². The first-order chi connectivity index (χ1) is 5.79.